The first-order chi connectivity index (χ1) is 6.03. The second-order valence-electron chi connectivity index (χ2n) is 3.41. The van der Waals surface area contributed by atoms with Gasteiger partial charge in [0.25, 0.3) is 0 Å². The Morgan fingerprint density at radius 1 is 1.07 bits per heavy atom. The first kappa shape index (κ1) is 11.3. The molecule has 0 unspecified atom stereocenters. The van der Waals surface area contributed by atoms with E-state index in [4.69, 9.17) is 5.73 Å². The maximum atomic E-state index is 12.7. The van der Waals surface area contributed by atoms with Crippen molar-refractivity contribution in [3.8, 4) is 0 Å². The van der Waals surface area contributed by atoms with E-state index >= 15 is 0 Å². The Balaban J connectivity index is 0.000000980. The molecule has 1 aromatic carbocycles. The van der Waals surface area contributed by atoms with Crippen molar-refractivity contribution in [2.24, 2.45) is 5.73 Å². The third kappa shape index (κ3) is 1.72. The fourth-order valence-electron chi connectivity index (χ4n) is 1.27. The summed E-state index contributed by atoms with van der Waals surface area (Å²) in [5, 5.41) is 0. The normalized spacial score (nSPS) is 17.4. The van der Waals surface area contributed by atoms with Gasteiger partial charge in [0.05, 0.1) is 0 Å². The fraction of sp³-hybridized carbons (Fsp3) is 0.333. The van der Waals surface area contributed by atoms with Crippen LogP contribution in [0.2, 0.25) is 0 Å². The molecule has 1 nitrogen and oxygen atoms in total. The smallest absolute Gasteiger partial charge is 0.194 e. The van der Waals surface area contributed by atoms with Gasteiger partial charge in [-0.05, 0) is 30.5 Å². The van der Waals surface area contributed by atoms with Crippen molar-refractivity contribution in [1.82, 2.24) is 0 Å². The third-order valence-electron chi connectivity index (χ3n) is 2.35. The Bertz CT molecular complexity index is 340. The Morgan fingerprint density at radius 3 is 1.86 bits per heavy atom. The van der Waals surface area contributed by atoms with Gasteiger partial charge in [-0.3, -0.25) is 0 Å². The van der Waals surface area contributed by atoms with E-state index in [0.717, 1.165) is 12.1 Å². The lowest BCUT2D eigenvalue weighted by Gasteiger charge is -2.09. The largest absolute Gasteiger partial charge is 0.321 e. The molecule has 2 rings (SSSR count). The van der Waals surface area contributed by atoms with Gasteiger partial charge < -0.3 is 5.73 Å². The Labute approximate surface area is 85.5 Å². The number of nitrogens with two attached hydrogens (primary N) is 1. The first-order valence-corrected chi connectivity index (χ1v) is 3.97. The minimum absolute atomic E-state index is 0. The molecule has 0 radical (unpaired) electrons. The van der Waals surface area contributed by atoms with Crippen LogP contribution in [0.3, 0.4) is 0 Å². The monoisotopic (exact) mass is 223 g/mol. The highest BCUT2D eigenvalue weighted by Crippen LogP contribution is 2.43. The minimum atomic E-state index is -1.44. The summed E-state index contributed by atoms with van der Waals surface area (Å²) in [4.78, 5) is 0. The van der Waals surface area contributed by atoms with Crippen LogP contribution in [0.25, 0.3) is 0 Å². The van der Waals surface area contributed by atoms with E-state index in [2.05, 4.69) is 0 Å². The zero-order chi connectivity index (χ0) is 9.64. The van der Waals surface area contributed by atoms with Gasteiger partial charge in [0, 0.05) is 5.54 Å². The lowest BCUT2D eigenvalue weighted by Crippen LogP contribution is -2.19. The molecular formula is C9H9ClF3N. The van der Waals surface area contributed by atoms with E-state index in [1.807, 2.05) is 0 Å². The van der Waals surface area contributed by atoms with Crippen LogP contribution in [0.15, 0.2) is 12.1 Å². The second-order valence-corrected chi connectivity index (χ2v) is 3.41. The maximum Gasteiger partial charge on any atom is 0.194 e. The highest BCUT2D eigenvalue weighted by Gasteiger charge is 2.40. The molecule has 1 aromatic rings. The number of benzene rings is 1. The molecule has 78 valence electrons. The van der Waals surface area contributed by atoms with E-state index in [-0.39, 0.29) is 12.4 Å². The van der Waals surface area contributed by atoms with E-state index in [0.29, 0.717) is 18.4 Å². The highest BCUT2D eigenvalue weighted by atomic mass is 35.5. The minimum Gasteiger partial charge on any atom is -0.321 e. The van der Waals surface area contributed by atoms with Crippen LogP contribution in [0, 0.1) is 17.5 Å². The quantitative estimate of drug-likeness (QED) is 0.728. The molecular weight excluding hydrogens is 215 g/mol. The lowest BCUT2D eigenvalue weighted by atomic mass is 10.1. The van der Waals surface area contributed by atoms with Crippen molar-refractivity contribution in [3.63, 3.8) is 0 Å². The molecule has 0 heterocycles. The zero-order valence-corrected chi connectivity index (χ0v) is 8.00. The molecule has 0 aliphatic heterocycles. The Kier molecular flexibility index (Phi) is 2.78. The summed E-state index contributed by atoms with van der Waals surface area (Å²) in [6.07, 6.45) is 1.38. The number of rotatable bonds is 1. The lowest BCUT2D eigenvalue weighted by molar-refractivity contribution is 0.443. The van der Waals surface area contributed by atoms with Gasteiger partial charge >= 0.3 is 0 Å². The van der Waals surface area contributed by atoms with Crippen LogP contribution >= 0.6 is 12.4 Å². The van der Waals surface area contributed by atoms with Gasteiger partial charge in [0.15, 0.2) is 17.5 Å². The SMILES string of the molecule is Cl.NC1(c2cc(F)c(F)c(F)c2)CC1. The van der Waals surface area contributed by atoms with Crippen molar-refractivity contribution in [1.29, 1.82) is 0 Å². The van der Waals surface area contributed by atoms with Crippen LogP contribution in [-0.4, -0.2) is 0 Å². The number of hydrogen-bond acceptors (Lipinski definition) is 1. The standard InChI is InChI=1S/C9H8F3N.ClH/c10-6-3-5(9(13)1-2-9)4-7(11)8(6)12;/h3-4H,1-2,13H2;1H. The average molecular weight is 224 g/mol. The summed E-state index contributed by atoms with van der Waals surface area (Å²) >= 11 is 0. The molecule has 1 aliphatic rings. The Hall–Kier alpha value is -0.740. The summed E-state index contributed by atoms with van der Waals surface area (Å²) in [5.74, 6) is -3.79. The van der Waals surface area contributed by atoms with Crippen molar-refractivity contribution >= 4 is 12.4 Å². The molecule has 0 saturated heterocycles. The molecule has 1 fully saturated rings. The number of halogens is 4. The molecule has 5 heteroatoms. The van der Waals surface area contributed by atoms with Crippen molar-refractivity contribution in [2.75, 3.05) is 0 Å². The number of hydrogen-bond donors (Lipinski definition) is 1. The van der Waals surface area contributed by atoms with E-state index in [1.165, 1.54) is 0 Å². The topological polar surface area (TPSA) is 26.0 Å². The Morgan fingerprint density at radius 2 is 1.50 bits per heavy atom. The maximum absolute atomic E-state index is 12.7. The molecule has 1 aliphatic carbocycles. The van der Waals surface area contributed by atoms with Crippen molar-refractivity contribution < 1.29 is 13.2 Å². The fourth-order valence-corrected chi connectivity index (χ4v) is 1.27. The molecule has 0 atom stereocenters. The molecule has 1 saturated carbocycles. The van der Waals surface area contributed by atoms with E-state index < -0.39 is 23.0 Å². The van der Waals surface area contributed by atoms with Crippen LogP contribution in [0.4, 0.5) is 13.2 Å². The summed E-state index contributed by atoms with van der Waals surface area (Å²) in [5.41, 5.74) is 5.41. The molecule has 14 heavy (non-hydrogen) atoms. The molecule has 0 spiro atoms. The van der Waals surface area contributed by atoms with Gasteiger partial charge in [-0.15, -0.1) is 12.4 Å². The van der Waals surface area contributed by atoms with Gasteiger partial charge in [-0.2, -0.15) is 0 Å². The van der Waals surface area contributed by atoms with Gasteiger partial charge in [-0.1, -0.05) is 0 Å². The summed E-state index contributed by atoms with van der Waals surface area (Å²) in [7, 11) is 0. The summed E-state index contributed by atoms with van der Waals surface area (Å²) in [6.45, 7) is 0. The summed E-state index contributed by atoms with van der Waals surface area (Å²) < 4.78 is 38.0. The van der Waals surface area contributed by atoms with Crippen LogP contribution in [0.1, 0.15) is 18.4 Å². The van der Waals surface area contributed by atoms with Crippen LogP contribution in [0.5, 0.6) is 0 Å². The van der Waals surface area contributed by atoms with Crippen LogP contribution in [-0.2, 0) is 5.54 Å². The first-order valence-electron chi connectivity index (χ1n) is 3.97. The van der Waals surface area contributed by atoms with E-state index in [9.17, 15) is 13.2 Å². The van der Waals surface area contributed by atoms with E-state index in [1.54, 1.807) is 0 Å². The highest BCUT2D eigenvalue weighted by molar-refractivity contribution is 5.85. The third-order valence-corrected chi connectivity index (χ3v) is 2.35. The molecule has 0 amide bonds. The second kappa shape index (κ2) is 3.44. The van der Waals surface area contributed by atoms with Crippen molar-refractivity contribution in [2.45, 2.75) is 18.4 Å². The van der Waals surface area contributed by atoms with Gasteiger partial charge in [-0.25, -0.2) is 13.2 Å². The predicted molar refractivity (Wildman–Crippen MR) is 48.7 cm³/mol. The van der Waals surface area contributed by atoms with Crippen LogP contribution < -0.4 is 5.73 Å². The molecule has 0 aromatic heterocycles. The van der Waals surface area contributed by atoms with Gasteiger partial charge in [0.1, 0.15) is 0 Å². The zero-order valence-electron chi connectivity index (χ0n) is 7.19. The summed E-state index contributed by atoms with van der Waals surface area (Å²) in [6, 6.07) is 1.93. The average Bonchev–Trinajstić information content (AvgIpc) is 2.80. The predicted octanol–water partition coefficient (Wildman–Crippen LogP) is 2.47. The van der Waals surface area contributed by atoms with Crippen molar-refractivity contribution in [3.05, 3.63) is 35.1 Å². The molecule has 2 N–H and O–H groups in total. The molecule has 0 bridgehead atoms. The van der Waals surface area contributed by atoms with Gasteiger partial charge in [0.2, 0.25) is 0 Å².